The highest BCUT2D eigenvalue weighted by Gasteiger charge is 2.27. The van der Waals surface area contributed by atoms with Gasteiger partial charge in [-0.25, -0.2) is 9.36 Å². The molecule has 0 saturated heterocycles. The number of amides is 1. The Morgan fingerprint density at radius 3 is 2.61 bits per heavy atom. The summed E-state index contributed by atoms with van der Waals surface area (Å²) in [5.41, 5.74) is 0.666. The molecule has 0 bridgehead atoms. The van der Waals surface area contributed by atoms with Crippen molar-refractivity contribution in [1.82, 2.24) is 14.5 Å². The molecule has 1 aromatic heterocycles. The lowest BCUT2D eigenvalue weighted by molar-refractivity contribution is -0.131. The first-order chi connectivity index (χ1) is 11.0. The van der Waals surface area contributed by atoms with Crippen LogP contribution in [0, 0.1) is 0 Å². The van der Waals surface area contributed by atoms with Crippen molar-refractivity contribution in [2.45, 2.75) is 25.3 Å². The largest absolute Gasteiger partial charge is 0.336 e. The molecule has 1 aromatic carbocycles. The Labute approximate surface area is 137 Å². The molecule has 1 N–H and O–H groups in total. The van der Waals surface area contributed by atoms with Gasteiger partial charge in [-0.2, -0.15) is 0 Å². The minimum absolute atomic E-state index is 0.160. The number of aromatic nitrogens is 2. The van der Waals surface area contributed by atoms with E-state index in [4.69, 9.17) is 11.6 Å². The number of nitrogens with one attached hydrogen (secondary N) is 1. The van der Waals surface area contributed by atoms with Crippen LogP contribution in [0.3, 0.4) is 0 Å². The Balaban J connectivity index is 2.09. The van der Waals surface area contributed by atoms with Crippen LogP contribution in [0.25, 0.3) is 5.69 Å². The summed E-state index contributed by atoms with van der Waals surface area (Å²) >= 11 is 5.85. The van der Waals surface area contributed by atoms with Crippen LogP contribution in [-0.2, 0) is 17.8 Å². The van der Waals surface area contributed by atoms with E-state index in [2.05, 4.69) is 4.98 Å². The van der Waals surface area contributed by atoms with Crippen molar-refractivity contribution in [2.75, 3.05) is 6.54 Å². The zero-order valence-electron chi connectivity index (χ0n) is 12.6. The Kier molecular flexibility index (Phi) is 4.09. The number of alkyl halides is 1. The van der Waals surface area contributed by atoms with Gasteiger partial charge in [-0.1, -0.05) is 18.2 Å². The molecule has 7 heteroatoms. The van der Waals surface area contributed by atoms with E-state index in [9.17, 15) is 14.4 Å². The quantitative estimate of drug-likeness (QED) is 0.834. The lowest BCUT2D eigenvalue weighted by Gasteiger charge is -2.29. The maximum atomic E-state index is 12.7. The van der Waals surface area contributed by atoms with Crippen molar-refractivity contribution in [1.29, 1.82) is 0 Å². The van der Waals surface area contributed by atoms with Crippen LogP contribution in [0.15, 0.2) is 39.9 Å². The Morgan fingerprint density at radius 1 is 1.26 bits per heavy atom. The summed E-state index contributed by atoms with van der Waals surface area (Å²) in [5, 5.41) is -0.643. The third kappa shape index (κ3) is 2.82. The van der Waals surface area contributed by atoms with Crippen molar-refractivity contribution in [3.05, 3.63) is 62.4 Å². The maximum Gasteiger partial charge on any atom is 0.333 e. The molecular weight excluding hydrogens is 318 g/mol. The van der Waals surface area contributed by atoms with Crippen molar-refractivity contribution in [2.24, 2.45) is 0 Å². The number of nitrogens with zero attached hydrogens (tertiary/aromatic N) is 2. The highest BCUT2D eigenvalue weighted by Crippen LogP contribution is 2.15. The molecular formula is C16H16ClN3O3. The molecule has 2 aromatic rings. The first-order valence-electron chi connectivity index (χ1n) is 7.34. The van der Waals surface area contributed by atoms with E-state index in [1.54, 1.807) is 36.1 Å². The van der Waals surface area contributed by atoms with Crippen LogP contribution < -0.4 is 11.2 Å². The highest BCUT2D eigenvalue weighted by molar-refractivity contribution is 6.30. The summed E-state index contributed by atoms with van der Waals surface area (Å²) in [7, 11) is 0. The monoisotopic (exact) mass is 333 g/mol. The van der Waals surface area contributed by atoms with Crippen LogP contribution >= 0.6 is 11.6 Å². The average Bonchev–Trinajstić information content (AvgIpc) is 2.55. The molecule has 0 fully saturated rings. The van der Waals surface area contributed by atoms with Crippen LogP contribution in [-0.4, -0.2) is 32.3 Å². The molecule has 0 radical (unpaired) electrons. The van der Waals surface area contributed by atoms with Crippen molar-refractivity contribution >= 4 is 17.5 Å². The molecule has 1 aliphatic heterocycles. The van der Waals surface area contributed by atoms with E-state index >= 15 is 0 Å². The van der Waals surface area contributed by atoms with Crippen LogP contribution in [0.1, 0.15) is 18.2 Å². The Hall–Kier alpha value is -2.34. The summed E-state index contributed by atoms with van der Waals surface area (Å²) in [5.74, 6) is -0.214. The van der Waals surface area contributed by atoms with Crippen molar-refractivity contribution in [3.8, 4) is 5.69 Å². The smallest absolute Gasteiger partial charge is 0.333 e. The summed E-state index contributed by atoms with van der Waals surface area (Å²) in [6.07, 6.45) is 0.435. The zero-order chi connectivity index (χ0) is 16.6. The number of carbonyl (C=O) groups is 1. The third-order valence-electron chi connectivity index (χ3n) is 3.93. The molecule has 2 heterocycles. The Bertz CT molecular complexity index is 855. The maximum absolute atomic E-state index is 12.7. The molecule has 1 aliphatic rings. The molecule has 6 nitrogen and oxygen atoms in total. The number of para-hydroxylation sites is 1. The van der Waals surface area contributed by atoms with Gasteiger partial charge in [-0.15, -0.1) is 11.6 Å². The van der Waals surface area contributed by atoms with Crippen LogP contribution in [0.5, 0.6) is 0 Å². The van der Waals surface area contributed by atoms with E-state index < -0.39 is 16.6 Å². The fraction of sp³-hybridized carbons (Fsp3) is 0.312. The summed E-state index contributed by atoms with van der Waals surface area (Å²) in [4.78, 5) is 41.4. The number of fused-ring (bicyclic) bond motifs is 1. The highest BCUT2D eigenvalue weighted by atomic mass is 35.5. The lowest BCUT2D eigenvalue weighted by atomic mass is 10.1. The van der Waals surface area contributed by atoms with Gasteiger partial charge in [-0.3, -0.25) is 9.59 Å². The molecule has 1 amide bonds. The van der Waals surface area contributed by atoms with E-state index in [1.807, 2.05) is 6.07 Å². The first-order valence-corrected chi connectivity index (χ1v) is 7.78. The van der Waals surface area contributed by atoms with Gasteiger partial charge < -0.3 is 9.88 Å². The van der Waals surface area contributed by atoms with Crippen LogP contribution in [0.4, 0.5) is 0 Å². The minimum atomic E-state index is -0.643. The zero-order valence-corrected chi connectivity index (χ0v) is 13.3. The molecule has 120 valence electrons. The fourth-order valence-corrected chi connectivity index (χ4v) is 2.90. The standard InChI is InChI=1S/C16H16ClN3O3/c1-10(17)14(21)19-8-7-13-12(9-19)15(22)20(16(23)18-13)11-5-3-2-4-6-11/h2-6,10H,7-9H2,1H3,(H,18,23). The van der Waals surface area contributed by atoms with Gasteiger partial charge >= 0.3 is 5.69 Å². The van der Waals surface area contributed by atoms with Gasteiger partial charge in [0.1, 0.15) is 5.38 Å². The number of hydrogen-bond acceptors (Lipinski definition) is 3. The van der Waals surface area contributed by atoms with E-state index in [1.165, 1.54) is 0 Å². The third-order valence-corrected chi connectivity index (χ3v) is 4.12. The second-order valence-corrected chi connectivity index (χ2v) is 6.14. The van der Waals surface area contributed by atoms with Gasteiger partial charge in [0, 0.05) is 18.7 Å². The van der Waals surface area contributed by atoms with E-state index in [0.717, 1.165) is 4.57 Å². The fourth-order valence-electron chi connectivity index (χ4n) is 2.76. The molecule has 23 heavy (non-hydrogen) atoms. The van der Waals surface area contributed by atoms with Gasteiger partial charge in [0.25, 0.3) is 5.56 Å². The topological polar surface area (TPSA) is 75.2 Å². The summed E-state index contributed by atoms with van der Waals surface area (Å²) < 4.78 is 1.09. The summed E-state index contributed by atoms with van der Waals surface area (Å²) in [6, 6.07) is 8.70. The summed E-state index contributed by atoms with van der Waals surface area (Å²) in [6.45, 7) is 2.20. The number of hydrogen-bond donors (Lipinski definition) is 1. The van der Waals surface area contributed by atoms with Gasteiger partial charge in [0.05, 0.1) is 17.8 Å². The molecule has 3 rings (SSSR count). The number of carbonyl (C=O) groups excluding carboxylic acids is 1. The normalized spacial score (nSPS) is 15.1. The van der Waals surface area contributed by atoms with Crippen LogP contribution in [0.2, 0.25) is 0 Å². The van der Waals surface area contributed by atoms with Crippen molar-refractivity contribution in [3.63, 3.8) is 0 Å². The van der Waals surface area contributed by atoms with Gasteiger partial charge in [0.2, 0.25) is 5.91 Å². The second-order valence-electron chi connectivity index (χ2n) is 5.49. The number of benzene rings is 1. The second kappa shape index (κ2) is 6.04. The molecule has 0 saturated carbocycles. The lowest BCUT2D eigenvalue weighted by Crippen LogP contribution is -2.46. The van der Waals surface area contributed by atoms with E-state index in [0.29, 0.717) is 29.9 Å². The minimum Gasteiger partial charge on any atom is -0.336 e. The SMILES string of the molecule is CC(Cl)C(=O)N1CCc2[nH]c(=O)n(-c3ccccc3)c(=O)c2C1. The molecule has 1 unspecified atom stereocenters. The molecule has 0 spiro atoms. The number of halogens is 1. The predicted octanol–water partition coefficient (Wildman–Crippen LogP) is 1.04. The van der Waals surface area contributed by atoms with E-state index in [-0.39, 0.29) is 12.5 Å². The molecule has 0 aliphatic carbocycles. The first kappa shape index (κ1) is 15.6. The molecule has 1 atom stereocenters. The number of H-pyrrole nitrogens is 1. The number of aromatic amines is 1. The van der Waals surface area contributed by atoms with Gasteiger partial charge in [-0.05, 0) is 19.1 Å². The average molecular weight is 334 g/mol. The Morgan fingerprint density at radius 2 is 1.96 bits per heavy atom. The number of rotatable bonds is 2. The van der Waals surface area contributed by atoms with Gasteiger partial charge in [0.15, 0.2) is 0 Å². The van der Waals surface area contributed by atoms with Crippen molar-refractivity contribution < 1.29 is 4.79 Å². The predicted molar refractivity (Wildman–Crippen MR) is 87.1 cm³/mol.